The third kappa shape index (κ3) is 2.51. The molecule has 0 spiro atoms. The molecule has 0 amide bonds. The summed E-state index contributed by atoms with van der Waals surface area (Å²) in [7, 11) is 1.89. The molecule has 0 atom stereocenters. The quantitative estimate of drug-likeness (QED) is 0.896. The van der Waals surface area contributed by atoms with E-state index in [1.165, 1.54) is 12.1 Å². The summed E-state index contributed by atoms with van der Waals surface area (Å²) in [5.74, 6) is -0.336. The molecule has 0 aromatic heterocycles. The van der Waals surface area contributed by atoms with Gasteiger partial charge in [-0.15, -0.1) is 0 Å². The molecular weight excluding hydrogens is 229 g/mol. The molecule has 18 heavy (non-hydrogen) atoms. The van der Waals surface area contributed by atoms with E-state index in [0.29, 0.717) is 5.56 Å². The van der Waals surface area contributed by atoms with Crippen LogP contribution in [0.1, 0.15) is 11.1 Å². The SMILES string of the molecule is Cc1ccccc1N(C)c1cc(F)cc(CO)c1. The minimum absolute atomic E-state index is 0.160. The number of aryl methyl sites for hydroxylation is 1. The van der Waals surface area contributed by atoms with E-state index in [9.17, 15) is 4.39 Å². The average Bonchev–Trinajstić information content (AvgIpc) is 2.37. The van der Waals surface area contributed by atoms with Crippen LogP contribution in [0.2, 0.25) is 0 Å². The fourth-order valence-corrected chi connectivity index (χ4v) is 2.00. The molecule has 0 fully saturated rings. The zero-order valence-corrected chi connectivity index (χ0v) is 10.5. The largest absolute Gasteiger partial charge is 0.392 e. The minimum atomic E-state index is -0.336. The van der Waals surface area contributed by atoms with Crippen molar-refractivity contribution in [2.45, 2.75) is 13.5 Å². The summed E-state index contributed by atoms with van der Waals surface area (Å²) >= 11 is 0. The maximum atomic E-state index is 13.5. The number of hydrogen-bond acceptors (Lipinski definition) is 2. The van der Waals surface area contributed by atoms with Gasteiger partial charge in [0.05, 0.1) is 6.61 Å². The van der Waals surface area contributed by atoms with Crippen molar-refractivity contribution in [2.75, 3.05) is 11.9 Å². The van der Waals surface area contributed by atoms with Gasteiger partial charge >= 0.3 is 0 Å². The van der Waals surface area contributed by atoms with E-state index in [-0.39, 0.29) is 12.4 Å². The number of halogens is 1. The maximum absolute atomic E-state index is 13.5. The second-order valence-corrected chi connectivity index (χ2v) is 4.32. The Balaban J connectivity index is 2.43. The number of anilines is 2. The van der Waals surface area contributed by atoms with Crippen molar-refractivity contribution in [2.24, 2.45) is 0 Å². The lowest BCUT2D eigenvalue weighted by molar-refractivity contribution is 0.281. The van der Waals surface area contributed by atoms with Crippen LogP contribution in [0, 0.1) is 12.7 Å². The predicted octanol–water partition coefficient (Wildman–Crippen LogP) is 3.39. The molecule has 0 saturated heterocycles. The first-order chi connectivity index (χ1) is 8.61. The number of hydrogen-bond donors (Lipinski definition) is 1. The molecule has 0 aliphatic heterocycles. The van der Waals surface area contributed by atoms with Crippen molar-refractivity contribution >= 4 is 11.4 Å². The molecule has 94 valence electrons. The van der Waals surface area contributed by atoms with Gasteiger partial charge in [-0.1, -0.05) is 18.2 Å². The molecule has 2 aromatic rings. The van der Waals surface area contributed by atoms with Crippen molar-refractivity contribution < 1.29 is 9.50 Å². The van der Waals surface area contributed by atoms with Crippen LogP contribution in [0.25, 0.3) is 0 Å². The van der Waals surface area contributed by atoms with Crippen LogP contribution < -0.4 is 4.90 Å². The molecule has 0 heterocycles. The van der Waals surface area contributed by atoms with Gasteiger partial charge in [-0.3, -0.25) is 0 Å². The average molecular weight is 245 g/mol. The van der Waals surface area contributed by atoms with E-state index >= 15 is 0 Å². The van der Waals surface area contributed by atoms with Gasteiger partial charge in [0.2, 0.25) is 0 Å². The number of aliphatic hydroxyl groups is 1. The first kappa shape index (κ1) is 12.6. The number of nitrogens with zero attached hydrogens (tertiary/aromatic N) is 1. The lowest BCUT2D eigenvalue weighted by Gasteiger charge is -2.22. The Bertz CT molecular complexity index is 554. The Morgan fingerprint density at radius 2 is 1.89 bits per heavy atom. The molecule has 0 unspecified atom stereocenters. The molecule has 0 aliphatic carbocycles. The van der Waals surface area contributed by atoms with Gasteiger partial charge in [-0.25, -0.2) is 4.39 Å². The zero-order valence-electron chi connectivity index (χ0n) is 10.5. The molecule has 1 N–H and O–H groups in total. The van der Waals surface area contributed by atoms with E-state index in [0.717, 1.165) is 16.9 Å². The van der Waals surface area contributed by atoms with Crippen molar-refractivity contribution in [3.63, 3.8) is 0 Å². The highest BCUT2D eigenvalue weighted by molar-refractivity contribution is 5.66. The second-order valence-electron chi connectivity index (χ2n) is 4.32. The van der Waals surface area contributed by atoms with Crippen LogP contribution in [-0.2, 0) is 6.61 Å². The lowest BCUT2D eigenvalue weighted by atomic mass is 10.1. The highest BCUT2D eigenvalue weighted by Crippen LogP contribution is 2.27. The fraction of sp³-hybridized carbons (Fsp3) is 0.200. The van der Waals surface area contributed by atoms with Crippen LogP contribution in [0.4, 0.5) is 15.8 Å². The van der Waals surface area contributed by atoms with Crippen LogP contribution in [0.3, 0.4) is 0 Å². The molecule has 0 saturated carbocycles. The van der Waals surface area contributed by atoms with E-state index < -0.39 is 0 Å². The Hall–Kier alpha value is -1.87. The Labute approximate surface area is 106 Å². The summed E-state index contributed by atoms with van der Waals surface area (Å²) in [4.78, 5) is 1.91. The Kier molecular flexibility index (Phi) is 3.63. The van der Waals surface area contributed by atoms with E-state index in [1.54, 1.807) is 6.07 Å². The summed E-state index contributed by atoms with van der Waals surface area (Å²) in [5.41, 5.74) is 3.44. The molecule has 0 radical (unpaired) electrons. The van der Waals surface area contributed by atoms with Gasteiger partial charge in [-0.05, 0) is 42.3 Å². The van der Waals surface area contributed by atoms with Crippen LogP contribution in [0.15, 0.2) is 42.5 Å². The van der Waals surface area contributed by atoms with Gasteiger partial charge < -0.3 is 10.0 Å². The predicted molar refractivity (Wildman–Crippen MR) is 71.6 cm³/mol. The summed E-state index contributed by atoms with van der Waals surface area (Å²) in [6.07, 6.45) is 0. The molecule has 0 aliphatic rings. The second kappa shape index (κ2) is 5.19. The smallest absolute Gasteiger partial charge is 0.125 e. The summed E-state index contributed by atoms with van der Waals surface area (Å²) < 4.78 is 13.5. The molecule has 0 bridgehead atoms. The van der Waals surface area contributed by atoms with Crippen LogP contribution in [-0.4, -0.2) is 12.2 Å². The van der Waals surface area contributed by atoms with Crippen LogP contribution in [0.5, 0.6) is 0 Å². The molecule has 2 rings (SSSR count). The highest BCUT2D eigenvalue weighted by atomic mass is 19.1. The molecular formula is C15H16FNO. The standard InChI is InChI=1S/C15H16FNO/c1-11-5-3-4-6-15(11)17(2)14-8-12(10-18)7-13(16)9-14/h3-9,18H,10H2,1-2H3. The van der Waals surface area contributed by atoms with Crippen molar-refractivity contribution in [1.29, 1.82) is 0 Å². The number of rotatable bonds is 3. The van der Waals surface area contributed by atoms with Crippen molar-refractivity contribution in [3.8, 4) is 0 Å². The monoisotopic (exact) mass is 245 g/mol. The number of aliphatic hydroxyl groups excluding tert-OH is 1. The Morgan fingerprint density at radius 3 is 2.56 bits per heavy atom. The van der Waals surface area contributed by atoms with Crippen LogP contribution >= 0.6 is 0 Å². The minimum Gasteiger partial charge on any atom is -0.392 e. The van der Waals surface area contributed by atoms with E-state index in [1.807, 2.05) is 43.1 Å². The summed E-state index contributed by atoms with van der Waals surface area (Å²) in [6.45, 7) is 1.85. The topological polar surface area (TPSA) is 23.5 Å². The maximum Gasteiger partial charge on any atom is 0.125 e. The lowest BCUT2D eigenvalue weighted by Crippen LogP contribution is -2.11. The van der Waals surface area contributed by atoms with E-state index in [4.69, 9.17) is 5.11 Å². The van der Waals surface area contributed by atoms with E-state index in [2.05, 4.69) is 0 Å². The van der Waals surface area contributed by atoms with Gasteiger partial charge in [-0.2, -0.15) is 0 Å². The van der Waals surface area contributed by atoms with Crippen molar-refractivity contribution in [3.05, 3.63) is 59.4 Å². The van der Waals surface area contributed by atoms with Gasteiger partial charge in [0.15, 0.2) is 0 Å². The normalized spacial score (nSPS) is 10.4. The summed E-state index contributed by atoms with van der Waals surface area (Å²) in [6, 6.07) is 12.5. The van der Waals surface area contributed by atoms with Gasteiger partial charge in [0.25, 0.3) is 0 Å². The van der Waals surface area contributed by atoms with Gasteiger partial charge in [0.1, 0.15) is 5.82 Å². The van der Waals surface area contributed by atoms with Gasteiger partial charge in [0, 0.05) is 18.4 Å². The Morgan fingerprint density at radius 1 is 1.17 bits per heavy atom. The number of para-hydroxylation sites is 1. The molecule has 2 nitrogen and oxygen atoms in total. The zero-order chi connectivity index (χ0) is 13.1. The third-order valence-electron chi connectivity index (χ3n) is 2.99. The fourth-order valence-electron chi connectivity index (χ4n) is 2.00. The third-order valence-corrected chi connectivity index (χ3v) is 2.99. The van der Waals surface area contributed by atoms with Crippen molar-refractivity contribution in [1.82, 2.24) is 0 Å². The molecule has 2 aromatic carbocycles. The first-order valence-corrected chi connectivity index (χ1v) is 5.81. The highest BCUT2D eigenvalue weighted by Gasteiger charge is 2.08. The number of benzene rings is 2. The molecule has 3 heteroatoms. The first-order valence-electron chi connectivity index (χ1n) is 5.81. The summed E-state index contributed by atoms with van der Waals surface area (Å²) in [5, 5.41) is 9.11.